The molecule has 16 nitrogen and oxygen atoms in total. The van der Waals surface area contributed by atoms with Crippen LogP contribution in [-0.4, -0.2) is 102 Å². The SMILES string of the molecule is C=CCn1c(=O)n([C@@H]2O[C@H](CO)[C@H]3OC(COCCOCCOC(=O)c4ccc(C(=O)NC)cc4)O[C@H]32)c2cc(N)[nH]c(=O)c21. The zero-order valence-corrected chi connectivity index (χ0v) is 24.5. The van der Waals surface area contributed by atoms with Gasteiger partial charge in [-0.15, -0.1) is 6.58 Å². The van der Waals surface area contributed by atoms with Crippen molar-refractivity contribution < 1.29 is 43.1 Å². The second kappa shape index (κ2) is 14.2. The fourth-order valence-corrected chi connectivity index (χ4v) is 5.29. The Morgan fingerprint density at radius 1 is 1.07 bits per heavy atom. The van der Waals surface area contributed by atoms with Gasteiger partial charge < -0.3 is 49.6 Å². The smallest absolute Gasteiger partial charge is 0.338 e. The van der Waals surface area contributed by atoms with Crippen LogP contribution in [0.15, 0.2) is 52.6 Å². The van der Waals surface area contributed by atoms with Gasteiger partial charge in [0.25, 0.3) is 11.5 Å². The fraction of sp³-hybridized carbons (Fsp3) is 0.448. The van der Waals surface area contributed by atoms with Gasteiger partial charge in [0, 0.05) is 25.2 Å². The molecule has 4 heterocycles. The summed E-state index contributed by atoms with van der Waals surface area (Å²) in [6.45, 7) is 3.94. The molecule has 2 aromatic heterocycles. The largest absolute Gasteiger partial charge is 0.460 e. The minimum absolute atomic E-state index is 0.0261. The van der Waals surface area contributed by atoms with Gasteiger partial charge in [-0.3, -0.25) is 18.7 Å². The maximum atomic E-state index is 13.4. The molecule has 0 saturated carbocycles. The molecule has 5 N–H and O–H groups in total. The Balaban J connectivity index is 1.10. The van der Waals surface area contributed by atoms with Crippen molar-refractivity contribution >= 4 is 28.7 Å². The van der Waals surface area contributed by atoms with Gasteiger partial charge in [-0.2, -0.15) is 0 Å². The summed E-state index contributed by atoms with van der Waals surface area (Å²) >= 11 is 0. The average Bonchev–Trinajstić information content (AvgIpc) is 3.68. The van der Waals surface area contributed by atoms with Crippen LogP contribution >= 0.6 is 0 Å². The van der Waals surface area contributed by atoms with Crippen LogP contribution in [0.1, 0.15) is 26.9 Å². The van der Waals surface area contributed by atoms with E-state index in [0.29, 0.717) is 11.1 Å². The van der Waals surface area contributed by atoms with Crippen molar-refractivity contribution in [3.8, 4) is 0 Å². The predicted molar refractivity (Wildman–Crippen MR) is 158 cm³/mol. The molecule has 0 bridgehead atoms. The van der Waals surface area contributed by atoms with E-state index in [1.54, 1.807) is 0 Å². The maximum Gasteiger partial charge on any atom is 0.338 e. The number of nitrogens with one attached hydrogen (secondary N) is 2. The molecule has 0 radical (unpaired) electrons. The van der Waals surface area contributed by atoms with Crippen molar-refractivity contribution in [2.45, 2.75) is 37.4 Å². The van der Waals surface area contributed by atoms with Crippen molar-refractivity contribution in [3.63, 3.8) is 0 Å². The van der Waals surface area contributed by atoms with E-state index in [9.17, 15) is 24.3 Å². The minimum atomic E-state index is -1.01. The quantitative estimate of drug-likeness (QED) is 0.101. The lowest BCUT2D eigenvalue weighted by atomic mass is 10.1. The first-order chi connectivity index (χ1) is 21.8. The highest BCUT2D eigenvalue weighted by atomic mass is 16.8. The first-order valence-corrected chi connectivity index (χ1v) is 14.2. The minimum Gasteiger partial charge on any atom is -0.460 e. The Hall–Kier alpha value is -4.32. The number of anilines is 1. The van der Waals surface area contributed by atoms with Crippen LogP contribution in [0.5, 0.6) is 0 Å². The number of aliphatic hydroxyl groups excluding tert-OH is 1. The number of ether oxygens (including phenoxy) is 6. The number of aromatic amines is 1. The van der Waals surface area contributed by atoms with Crippen molar-refractivity contribution in [1.29, 1.82) is 0 Å². The van der Waals surface area contributed by atoms with Crippen LogP contribution in [0.4, 0.5) is 5.82 Å². The molecule has 2 aliphatic heterocycles. The van der Waals surface area contributed by atoms with Crippen molar-refractivity contribution in [3.05, 3.63) is 75.0 Å². The molecule has 1 amide bonds. The number of aliphatic hydroxyl groups is 1. The van der Waals surface area contributed by atoms with E-state index in [1.165, 1.54) is 52.6 Å². The monoisotopic (exact) mass is 629 g/mol. The number of amides is 1. The summed E-state index contributed by atoms with van der Waals surface area (Å²) in [6.07, 6.45) is -2.63. The number of benzene rings is 1. The number of H-pyrrole nitrogens is 1. The third kappa shape index (κ3) is 6.70. The number of hydrogen-bond acceptors (Lipinski definition) is 12. The van der Waals surface area contributed by atoms with Gasteiger partial charge in [0.1, 0.15) is 36.3 Å². The molecule has 3 aromatic rings. The Morgan fingerprint density at radius 3 is 2.47 bits per heavy atom. The number of allylic oxidation sites excluding steroid dienone is 1. The summed E-state index contributed by atoms with van der Waals surface area (Å²) < 4.78 is 36.8. The third-order valence-corrected chi connectivity index (χ3v) is 7.32. The number of imidazole rings is 1. The number of rotatable bonds is 14. The van der Waals surface area contributed by atoms with E-state index < -0.39 is 54.7 Å². The highest BCUT2D eigenvalue weighted by Gasteiger charge is 2.54. The lowest BCUT2D eigenvalue weighted by Crippen LogP contribution is -2.34. The van der Waals surface area contributed by atoms with Crippen LogP contribution in [0.3, 0.4) is 0 Å². The molecule has 5 atom stereocenters. The van der Waals surface area contributed by atoms with Gasteiger partial charge in [-0.25, -0.2) is 9.59 Å². The molecule has 16 heteroatoms. The lowest BCUT2D eigenvalue weighted by molar-refractivity contribution is -0.172. The topological polar surface area (TPSA) is 208 Å². The summed E-state index contributed by atoms with van der Waals surface area (Å²) in [5, 5.41) is 12.5. The summed E-state index contributed by atoms with van der Waals surface area (Å²) in [7, 11) is 1.52. The van der Waals surface area contributed by atoms with E-state index in [4.69, 9.17) is 34.2 Å². The average molecular weight is 630 g/mol. The molecule has 2 aliphatic rings. The van der Waals surface area contributed by atoms with E-state index >= 15 is 0 Å². The Labute approximate surface area is 256 Å². The van der Waals surface area contributed by atoms with Crippen LogP contribution in [0, 0.1) is 0 Å². The summed E-state index contributed by atoms with van der Waals surface area (Å²) in [5.41, 5.74) is 5.89. The molecule has 0 aliphatic carbocycles. The second-order valence-corrected chi connectivity index (χ2v) is 10.2. The summed E-state index contributed by atoms with van der Waals surface area (Å²) in [4.78, 5) is 52.4. The number of hydrogen-bond donors (Lipinski definition) is 4. The maximum absolute atomic E-state index is 13.4. The number of fused-ring (bicyclic) bond motifs is 2. The zero-order valence-electron chi connectivity index (χ0n) is 24.5. The van der Waals surface area contributed by atoms with Crippen molar-refractivity contribution in [2.24, 2.45) is 0 Å². The van der Waals surface area contributed by atoms with Crippen LogP contribution in [0.2, 0.25) is 0 Å². The molecule has 242 valence electrons. The Morgan fingerprint density at radius 2 is 1.76 bits per heavy atom. The zero-order chi connectivity index (χ0) is 32.1. The molecule has 1 unspecified atom stereocenters. The second-order valence-electron chi connectivity index (χ2n) is 10.2. The number of nitrogen functional groups attached to an aromatic ring is 1. The van der Waals surface area contributed by atoms with Gasteiger partial charge in [0.15, 0.2) is 12.5 Å². The Kier molecular flexibility index (Phi) is 10.1. The van der Waals surface area contributed by atoms with Gasteiger partial charge in [-0.1, -0.05) is 6.08 Å². The van der Waals surface area contributed by atoms with Gasteiger partial charge >= 0.3 is 11.7 Å². The summed E-state index contributed by atoms with van der Waals surface area (Å²) in [6, 6.07) is 7.55. The van der Waals surface area contributed by atoms with E-state index in [1.807, 2.05) is 0 Å². The molecular weight excluding hydrogens is 594 g/mol. The van der Waals surface area contributed by atoms with E-state index in [2.05, 4.69) is 16.9 Å². The first kappa shape index (κ1) is 32.1. The number of nitrogens with two attached hydrogens (primary N) is 1. The molecule has 5 rings (SSSR count). The predicted octanol–water partition coefficient (Wildman–Crippen LogP) is -0.491. The van der Waals surface area contributed by atoms with E-state index in [0.717, 1.165) is 0 Å². The number of pyridine rings is 1. The standard InChI is InChI=1S/C29H35N5O11/c1-3-8-33-22-18(13-20(30)32-26(22)37)34(29(33)39)27-24-23(19(14-35)43-27)44-21(45-24)15-41-10-9-40-11-12-42-28(38)17-6-4-16(5-7-17)25(36)31-2/h3-7,13,19,21,23-24,27,35H,1,8-12,14-15H2,2H3,(H,31,36)(H3,30,32,37)/t19-,21?,23-,24-,27-/m1/s1. The molecule has 1 aromatic carbocycles. The number of carbonyl (C=O) groups excluding carboxylic acids is 2. The first-order valence-electron chi connectivity index (χ1n) is 14.2. The fourth-order valence-electron chi connectivity index (χ4n) is 5.29. The normalized spacial score (nSPS) is 22.4. The molecular formula is C29H35N5O11. The lowest BCUT2D eigenvalue weighted by Gasteiger charge is -2.20. The third-order valence-electron chi connectivity index (χ3n) is 7.32. The van der Waals surface area contributed by atoms with Crippen LogP contribution in [0.25, 0.3) is 11.0 Å². The highest BCUT2D eigenvalue weighted by Crippen LogP contribution is 2.40. The van der Waals surface area contributed by atoms with Gasteiger partial charge in [0.05, 0.1) is 44.1 Å². The number of nitrogens with zero attached hydrogens (tertiary/aromatic N) is 2. The Bertz CT molecular complexity index is 1650. The van der Waals surface area contributed by atoms with Crippen molar-refractivity contribution in [1.82, 2.24) is 19.4 Å². The van der Waals surface area contributed by atoms with Gasteiger partial charge in [0.2, 0.25) is 0 Å². The van der Waals surface area contributed by atoms with Crippen LogP contribution < -0.4 is 22.3 Å². The van der Waals surface area contributed by atoms with Crippen LogP contribution in [-0.2, 0) is 35.0 Å². The molecule has 45 heavy (non-hydrogen) atoms. The highest BCUT2D eigenvalue weighted by molar-refractivity contribution is 5.96. The van der Waals surface area contributed by atoms with Crippen molar-refractivity contribution in [2.75, 3.05) is 52.4 Å². The molecule has 0 spiro atoms. The number of esters is 1. The summed E-state index contributed by atoms with van der Waals surface area (Å²) in [5.74, 6) is -0.725. The molecule has 2 saturated heterocycles. The number of carbonyl (C=O) groups is 2. The van der Waals surface area contributed by atoms with E-state index in [-0.39, 0.29) is 62.3 Å². The molecule has 2 fully saturated rings. The van der Waals surface area contributed by atoms with Gasteiger partial charge in [-0.05, 0) is 24.3 Å². The number of aromatic nitrogens is 3.